The summed E-state index contributed by atoms with van der Waals surface area (Å²) < 4.78 is 1.45. The van der Waals surface area contributed by atoms with Gasteiger partial charge in [0.25, 0.3) is 0 Å². The summed E-state index contributed by atoms with van der Waals surface area (Å²) in [5.41, 5.74) is 1.93. The van der Waals surface area contributed by atoms with Crippen LogP contribution in [0.1, 0.15) is 11.1 Å². The maximum atomic E-state index is 11.9. The minimum Gasteiger partial charge on any atom is -0.244 e. The number of fused-ring (bicyclic) bond motifs is 1. The number of nitrogens with zero attached hydrogens (tertiary/aromatic N) is 1. The van der Waals surface area contributed by atoms with E-state index < -0.39 is 0 Å². The summed E-state index contributed by atoms with van der Waals surface area (Å²) in [6.45, 7) is 0. The van der Waals surface area contributed by atoms with Gasteiger partial charge in [-0.3, -0.25) is 0 Å². The lowest BCUT2D eigenvalue weighted by Gasteiger charge is -2.00. The Morgan fingerprint density at radius 2 is 1.65 bits per heavy atom. The molecule has 3 rings (SSSR count). The molecular weight excluding hydrogens is 286 g/mol. The van der Waals surface area contributed by atoms with Gasteiger partial charge < -0.3 is 0 Å². The Kier molecular flexibility index (Phi) is 4.48. The fraction of sp³-hybridized carbons (Fsp3) is 0.100. The Bertz CT molecular complexity index is 854. The quantitative estimate of drug-likeness (QED) is 0.319. The van der Waals surface area contributed by atoms with Gasteiger partial charge in [-0.05, 0) is 33.2 Å². The van der Waals surface area contributed by atoms with Crippen molar-refractivity contribution in [2.75, 3.05) is 7.05 Å². The molecule has 3 heteroatoms. The molecule has 0 aliphatic carbocycles. The van der Waals surface area contributed by atoms with Crippen LogP contribution in [0.3, 0.4) is 0 Å². The Labute approximate surface area is 135 Å². The van der Waals surface area contributed by atoms with Crippen molar-refractivity contribution >= 4 is 23.0 Å². The van der Waals surface area contributed by atoms with Gasteiger partial charge in [0.2, 0.25) is 6.21 Å². The van der Waals surface area contributed by atoms with E-state index in [-0.39, 0.29) is 12.4 Å². The van der Waals surface area contributed by atoms with Crippen LogP contribution in [0.2, 0.25) is 0 Å². The standard InChI is InChI=1S/C20H18NO2/c1-21(23-20(22)14-16-7-3-2-4-8-16)15-17-11-12-18-9-5-6-10-19(18)13-17/h2-13,15H,14H2,1H3/q+1. The Hall–Kier alpha value is -2.94. The number of carbonyl (C=O) groups is 1. The Morgan fingerprint density at radius 1 is 0.957 bits per heavy atom. The van der Waals surface area contributed by atoms with E-state index in [0.717, 1.165) is 16.5 Å². The second-order valence-electron chi connectivity index (χ2n) is 5.41. The molecular formula is C20H18NO2+. The van der Waals surface area contributed by atoms with Crippen molar-refractivity contribution in [3.05, 3.63) is 83.9 Å². The first-order chi connectivity index (χ1) is 11.2. The first-order valence-corrected chi connectivity index (χ1v) is 7.52. The van der Waals surface area contributed by atoms with Crippen LogP contribution < -0.4 is 0 Å². The molecule has 0 aromatic heterocycles. The summed E-state index contributed by atoms with van der Waals surface area (Å²) in [5, 5.41) is 2.35. The van der Waals surface area contributed by atoms with Crippen LogP contribution in [0.15, 0.2) is 72.8 Å². The molecule has 0 unspecified atom stereocenters. The number of hydroxylamine groups is 1. The van der Waals surface area contributed by atoms with Crippen LogP contribution in [0.25, 0.3) is 10.8 Å². The average Bonchev–Trinajstić information content (AvgIpc) is 2.55. The first-order valence-electron chi connectivity index (χ1n) is 7.52. The summed E-state index contributed by atoms with van der Waals surface area (Å²) in [5.74, 6) is -0.282. The third kappa shape index (κ3) is 4.04. The van der Waals surface area contributed by atoms with E-state index in [4.69, 9.17) is 4.84 Å². The van der Waals surface area contributed by atoms with Crippen molar-refractivity contribution in [1.29, 1.82) is 0 Å². The third-order valence-electron chi connectivity index (χ3n) is 3.54. The van der Waals surface area contributed by atoms with Crippen LogP contribution in [0.4, 0.5) is 0 Å². The smallest absolute Gasteiger partial charge is 0.244 e. The second kappa shape index (κ2) is 6.88. The van der Waals surface area contributed by atoms with Gasteiger partial charge in [0.1, 0.15) is 0 Å². The van der Waals surface area contributed by atoms with Crippen molar-refractivity contribution in [3.63, 3.8) is 0 Å². The summed E-state index contributed by atoms with van der Waals surface area (Å²) in [7, 11) is 1.72. The van der Waals surface area contributed by atoms with Gasteiger partial charge in [-0.2, -0.15) is 4.84 Å². The number of carbonyl (C=O) groups excluding carboxylic acids is 1. The highest BCUT2D eigenvalue weighted by Gasteiger charge is 2.11. The molecule has 114 valence electrons. The zero-order chi connectivity index (χ0) is 16.1. The molecule has 3 nitrogen and oxygen atoms in total. The van der Waals surface area contributed by atoms with Crippen LogP contribution in [0, 0.1) is 0 Å². The van der Waals surface area contributed by atoms with Crippen LogP contribution >= 0.6 is 0 Å². The lowest BCUT2D eigenvalue weighted by Crippen LogP contribution is -2.17. The Morgan fingerprint density at radius 3 is 2.43 bits per heavy atom. The molecule has 0 bridgehead atoms. The number of rotatable bonds is 4. The number of benzene rings is 3. The van der Waals surface area contributed by atoms with E-state index in [1.54, 1.807) is 13.3 Å². The molecule has 0 amide bonds. The monoisotopic (exact) mass is 304 g/mol. The highest BCUT2D eigenvalue weighted by molar-refractivity contribution is 5.89. The fourth-order valence-electron chi connectivity index (χ4n) is 2.48. The highest BCUT2D eigenvalue weighted by Crippen LogP contribution is 2.14. The average molecular weight is 304 g/mol. The highest BCUT2D eigenvalue weighted by atomic mass is 16.7. The molecule has 0 aliphatic rings. The fourth-order valence-corrected chi connectivity index (χ4v) is 2.48. The zero-order valence-electron chi connectivity index (χ0n) is 13.0. The normalized spacial score (nSPS) is 11.4. The van der Waals surface area contributed by atoms with Crippen molar-refractivity contribution in [1.82, 2.24) is 0 Å². The molecule has 3 aromatic rings. The van der Waals surface area contributed by atoms with E-state index in [0.29, 0.717) is 0 Å². The van der Waals surface area contributed by atoms with Crippen LogP contribution in [0.5, 0.6) is 0 Å². The predicted molar refractivity (Wildman–Crippen MR) is 91.5 cm³/mol. The maximum Gasteiger partial charge on any atom is 0.384 e. The van der Waals surface area contributed by atoms with E-state index in [1.807, 2.05) is 48.5 Å². The van der Waals surface area contributed by atoms with Crippen molar-refractivity contribution < 1.29 is 14.4 Å². The van der Waals surface area contributed by atoms with Crippen molar-refractivity contribution in [3.8, 4) is 0 Å². The second-order valence-corrected chi connectivity index (χ2v) is 5.41. The summed E-state index contributed by atoms with van der Waals surface area (Å²) in [4.78, 5) is 17.3. The summed E-state index contributed by atoms with van der Waals surface area (Å²) in [6, 6.07) is 23.9. The van der Waals surface area contributed by atoms with Crippen LogP contribution in [-0.4, -0.2) is 24.0 Å². The van der Waals surface area contributed by atoms with Gasteiger partial charge in [0, 0.05) is 5.56 Å². The molecule has 0 aliphatic heterocycles. The van der Waals surface area contributed by atoms with Crippen molar-refractivity contribution in [2.45, 2.75) is 6.42 Å². The molecule has 3 aromatic carbocycles. The predicted octanol–water partition coefficient (Wildman–Crippen LogP) is 3.60. The van der Waals surface area contributed by atoms with Gasteiger partial charge in [-0.1, -0.05) is 60.7 Å². The topological polar surface area (TPSA) is 29.3 Å². The molecule has 0 saturated heterocycles. The molecule has 23 heavy (non-hydrogen) atoms. The molecule has 0 saturated carbocycles. The summed E-state index contributed by atoms with van der Waals surface area (Å²) >= 11 is 0. The molecule has 0 atom stereocenters. The van der Waals surface area contributed by atoms with Gasteiger partial charge in [0.05, 0.1) is 6.42 Å². The number of hydrogen-bond acceptors (Lipinski definition) is 2. The lowest BCUT2D eigenvalue weighted by molar-refractivity contribution is -0.737. The zero-order valence-corrected chi connectivity index (χ0v) is 13.0. The van der Waals surface area contributed by atoms with Crippen molar-refractivity contribution in [2.24, 2.45) is 0 Å². The molecule has 0 spiro atoms. The SMILES string of the molecule is C[N+](=Cc1ccc2ccccc2c1)OC(=O)Cc1ccccc1. The van der Waals surface area contributed by atoms with Gasteiger partial charge >= 0.3 is 5.97 Å². The lowest BCUT2D eigenvalue weighted by atomic mass is 10.1. The van der Waals surface area contributed by atoms with Gasteiger partial charge in [-0.15, -0.1) is 0 Å². The van der Waals surface area contributed by atoms with E-state index in [1.165, 1.54) is 10.1 Å². The maximum absolute atomic E-state index is 11.9. The number of hydrogen-bond donors (Lipinski definition) is 0. The molecule has 0 heterocycles. The van der Waals surface area contributed by atoms with Gasteiger partial charge in [0.15, 0.2) is 7.05 Å². The van der Waals surface area contributed by atoms with Gasteiger partial charge in [-0.25, -0.2) is 4.79 Å². The van der Waals surface area contributed by atoms with E-state index in [9.17, 15) is 4.79 Å². The minimum atomic E-state index is -0.282. The summed E-state index contributed by atoms with van der Waals surface area (Å²) in [6.07, 6.45) is 2.06. The first kappa shape index (κ1) is 15.0. The van der Waals surface area contributed by atoms with E-state index >= 15 is 0 Å². The molecule has 0 fully saturated rings. The van der Waals surface area contributed by atoms with E-state index in [2.05, 4.69) is 24.3 Å². The van der Waals surface area contributed by atoms with Crippen LogP contribution in [-0.2, 0) is 16.1 Å². The Balaban J connectivity index is 1.69. The molecule has 0 radical (unpaired) electrons. The third-order valence-corrected chi connectivity index (χ3v) is 3.54. The molecule has 0 N–H and O–H groups in total. The largest absolute Gasteiger partial charge is 0.384 e. The minimum absolute atomic E-state index is 0.261.